The number of aliphatic hydroxyl groups excluding tert-OH is 2. The van der Waals surface area contributed by atoms with Gasteiger partial charge in [-0.3, -0.25) is 28.8 Å². The third-order valence-electron chi connectivity index (χ3n) is 20.5. The van der Waals surface area contributed by atoms with Crippen molar-refractivity contribution in [2.24, 2.45) is 69.5 Å². The second-order valence-electron chi connectivity index (χ2n) is 23.0. The molecule has 1 saturated heterocycles. The van der Waals surface area contributed by atoms with Crippen molar-refractivity contribution in [1.29, 1.82) is 0 Å². The molecule has 14 rings (SSSR count). The van der Waals surface area contributed by atoms with E-state index in [-0.39, 0.29) is 60.3 Å². The van der Waals surface area contributed by atoms with E-state index in [1.165, 1.54) is 11.9 Å². The van der Waals surface area contributed by atoms with E-state index in [1.54, 1.807) is 36.4 Å². The molecular formula is C54H57N7O11. The Morgan fingerprint density at radius 2 is 1.58 bits per heavy atom. The first-order valence-electron chi connectivity index (χ1n) is 25.5. The molecule has 1 aliphatic heterocycles. The van der Waals surface area contributed by atoms with E-state index in [0.29, 0.717) is 65.3 Å². The number of Topliss-reactive ketones (excluding diaryl/α,β-unsaturated/α-hetero) is 1. The molecule has 1 aromatic heterocycles. The molecular weight excluding hydrogens is 923 g/mol. The molecule has 0 radical (unpaired) electrons. The highest BCUT2D eigenvalue weighted by Gasteiger charge is 3.09. The van der Waals surface area contributed by atoms with Crippen LogP contribution in [0.2, 0.25) is 0 Å². The second kappa shape index (κ2) is 15.7. The largest absolute Gasteiger partial charge is 0.481 e. The van der Waals surface area contributed by atoms with Crippen LogP contribution in [0.3, 0.4) is 0 Å². The van der Waals surface area contributed by atoms with E-state index >= 15 is 0 Å². The summed E-state index contributed by atoms with van der Waals surface area (Å²) < 4.78 is 13.6. The van der Waals surface area contributed by atoms with Crippen LogP contribution in [-0.4, -0.2) is 114 Å². The van der Waals surface area contributed by atoms with Crippen LogP contribution in [-0.2, 0) is 51.1 Å². The average Bonchev–Trinajstić information content (AvgIpc) is 3.88. The summed E-state index contributed by atoms with van der Waals surface area (Å²) in [5.41, 5.74) is 1.62. The number of nitrogens with zero attached hydrogens (tertiary/aromatic N) is 4. The lowest BCUT2D eigenvalue weighted by atomic mass is 8.94. The third-order valence-corrected chi connectivity index (χ3v) is 20.5. The minimum absolute atomic E-state index is 0.00439. The zero-order valence-corrected chi connectivity index (χ0v) is 39.9. The van der Waals surface area contributed by atoms with Crippen LogP contribution in [0.4, 0.5) is 0 Å². The minimum atomic E-state index is -1.43. The maximum Gasteiger partial charge on any atom is 0.303 e. The summed E-state index contributed by atoms with van der Waals surface area (Å²) in [6, 6.07) is 14.1. The molecule has 3 amide bonds. The molecule has 6 N–H and O–H groups in total. The number of fused-ring (bicyclic) bond motifs is 7. The quantitative estimate of drug-likeness (QED) is 0.120. The Morgan fingerprint density at radius 1 is 0.889 bits per heavy atom. The van der Waals surface area contributed by atoms with Crippen molar-refractivity contribution >= 4 is 35.3 Å². The monoisotopic (exact) mass is 979 g/mol. The molecule has 0 bridgehead atoms. The number of aromatic nitrogens is 4. The fraction of sp³-hybridized carbons (Fsp3) is 0.556. The number of ketones is 2. The lowest BCUT2D eigenvalue weighted by Gasteiger charge is -3.11. The first kappa shape index (κ1) is 45.8. The van der Waals surface area contributed by atoms with Crippen molar-refractivity contribution in [3.05, 3.63) is 95.3 Å². The number of aliphatic hydroxyl groups is 2. The Morgan fingerprint density at radius 3 is 2.26 bits per heavy atom. The Balaban J connectivity index is 0.624. The van der Waals surface area contributed by atoms with Gasteiger partial charge >= 0.3 is 5.97 Å². The van der Waals surface area contributed by atoms with Crippen molar-refractivity contribution in [3.63, 3.8) is 0 Å². The van der Waals surface area contributed by atoms with E-state index in [1.807, 2.05) is 25.1 Å². The number of amides is 3. The van der Waals surface area contributed by atoms with Gasteiger partial charge in [0.15, 0.2) is 29.8 Å². The minimum Gasteiger partial charge on any atom is -0.481 e. The van der Waals surface area contributed by atoms with Gasteiger partial charge in [-0.15, -0.1) is 20.4 Å². The summed E-state index contributed by atoms with van der Waals surface area (Å²) in [4.78, 5) is 77.7. The van der Waals surface area contributed by atoms with Gasteiger partial charge in [0.1, 0.15) is 12.6 Å². The van der Waals surface area contributed by atoms with Gasteiger partial charge in [0, 0.05) is 34.3 Å². The SMILES string of the molecule is C[C@]12C=CC(=O)C=C1CC[C@@H]1[C@@H]2[C@@H](O)C[C@@]2(C)[C@H]1C[C@H]1O[C@@H](c3ccc(CC45C6C7C4C4C5C6C74NC(=O)[C@H](CCC(=O)O)NC(=O)CNC(=O)Cc4ccc(-c5nncnn5)cc4)cc3)O[C@]12C(=O)CO. The molecule has 11 aliphatic rings. The van der Waals surface area contributed by atoms with E-state index < -0.39 is 77.1 Å². The van der Waals surface area contributed by atoms with Gasteiger partial charge in [0.25, 0.3) is 0 Å². The normalized spacial score (nSPS) is 41.4. The molecule has 10 atom stereocenters. The standard InChI is InChI=1S/C54H57N7O11/c1-50-16-15-30(63)18-29(50)11-12-31-32-19-36-54(35(65)23-62,51(32,2)21-34(64)40(31)50)72-49(71-36)28-9-5-26(6-10-28)20-52-41-44-42(52)46-43(52)45(41)53(44,46)59-48(70)33(13-14-39(68)69)58-38(67)22-55-37(66)17-25-3-7-27(8-4-25)47-60-56-24-57-61-47/h3-10,15-16,18,24,31-34,36,40-46,49,62,64H,11-14,17,19-23H2,1-2H3,(H,55,66)(H,58,67)(H,59,70)(H,68,69)/t31-,32-,33-,34-,36+,40+,41?,42?,43?,44?,45?,46?,49+,50-,51-,52?,53?,54+/m0/s1. The van der Waals surface area contributed by atoms with Crippen LogP contribution >= 0.6 is 0 Å². The van der Waals surface area contributed by atoms with Gasteiger partial charge in [0.05, 0.1) is 30.7 Å². The van der Waals surface area contributed by atoms with Crippen LogP contribution in [0.25, 0.3) is 11.4 Å². The maximum atomic E-state index is 14.1. The Labute approximate surface area is 414 Å². The number of hydrogen-bond donors (Lipinski definition) is 6. The lowest BCUT2D eigenvalue weighted by molar-refractivity contribution is -0.624. The molecule has 10 fully saturated rings. The van der Waals surface area contributed by atoms with Gasteiger partial charge in [-0.25, -0.2) is 0 Å². The van der Waals surface area contributed by atoms with Gasteiger partial charge < -0.3 is 40.7 Å². The molecule has 0 spiro atoms. The van der Waals surface area contributed by atoms with Gasteiger partial charge in [-0.2, -0.15) is 0 Å². The fourth-order valence-electron chi connectivity index (χ4n) is 17.9. The summed E-state index contributed by atoms with van der Waals surface area (Å²) in [6.07, 6.45) is 7.29. The van der Waals surface area contributed by atoms with E-state index in [4.69, 9.17) is 9.47 Å². The number of rotatable bonds is 16. The molecule has 18 heteroatoms. The Bertz CT molecular complexity index is 2860. The lowest BCUT2D eigenvalue weighted by Crippen LogP contribution is -3.15. The predicted molar refractivity (Wildman–Crippen MR) is 250 cm³/mol. The summed E-state index contributed by atoms with van der Waals surface area (Å²) in [7, 11) is 0. The fourth-order valence-corrected chi connectivity index (χ4v) is 17.9. The number of carbonyl (C=O) groups excluding carboxylic acids is 5. The van der Waals surface area contributed by atoms with Gasteiger partial charge in [0.2, 0.25) is 23.5 Å². The maximum absolute atomic E-state index is 14.1. The third kappa shape index (κ3) is 5.85. The number of benzene rings is 2. The van der Waals surface area contributed by atoms with Crippen molar-refractivity contribution in [2.75, 3.05) is 13.2 Å². The van der Waals surface area contributed by atoms with Crippen molar-refractivity contribution in [2.45, 2.75) is 101 Å². The van der Waals surface area contributed by atoms with Crippen molar-refractivity contribution in [1.82, 2.24) is 36.3 Å². The first-order chi connectivity index (χ1) is 34.6. The number of ether oxygens (including phenoxy) is 2. The summed E-state index contributed by atoms with van der Waals surface area (Å²) in [6.45, 7) is 3.08. The number of carbonyl (C=O) groups is 6. The topological polar surface area (TPSA) is 269 Å². The zero-order chi connectivity index (χ0) is 49.9. The predicted octanol–water partition coefficient (Wildman–Crippen LogP) is 2.39. The number of aliphatic carboxylic acids is 1. The van der Waals surface area contributed by atoms with E-state index in [0.717, 1.165) is 30.4 Å². The average molecular weight is 980 g/mol. The molecule has 10 aliphatic carbocycles. The zero-order valence-electron chi connectivity index (χ0n) is 39.9. The summed E-state index contributed by atoms with van der Waals surface area (Å²) in [5.74, 6) is -0.0650. The molecule has 3 aromatic rings. The number of nitrogens with one attached hydrogen (secondary N) is 3. The second-order valence-corrected chi connectivity index (χ2v) is 23.0. The smallest absolute Gasteiger partial charge is 0.303 e. The number of carboxylic acids is 1. The number of hydrogen-bond acceptors (Lipinski definition) is 14. The molecule has 18 nitrogen and oxygen atoms in total. The van der Waals surface area contributed by atoms with Crippen LogP contribution in [0, 0.1) is 69.5 Å². The summed E-state index contributed by atoms with van der Waals surface area (Å²) >= 11 is 0. The van der Waals surface area contributed by atoms with Crippen LogP contribution in [0.15, 0.2) is 78.7 Å². The highest BCUT2D eigenvalue weighted by atomic mass is 16.7. The van der Waals surface area contributed by atoms with Crippen molar-refractivity contribution < 1.29 is 53.6 Å². The molecule has 374 valence electrons. The molecule has 72 heavy (non-hydrogen) atoms. The van der Waals surface area contributed by atoms with Gasteiger partial charge in [-0.05, 0) is 115 Å². The van der Waals surface area contributed by atoms with Crippen LogP contribution < -0.4 is 16.0 Å². The Hall–Kier alpha value is -6.08. The molecule has 2 aromatic carbocycles. The van der Waals surface area contributed by atoms with Crippen molar-refractivity contribution in [3.8, 4) is 11.4 Å². The first-order valence-corrected chi connectivity index (χ1v) is 25.5. The molecule has 9 saturated carbocycles. The van der Waals surface area contributed by atoms with Crippen LogP contribution in [0.5, 0.6) is 0 Å². The highest BCUT2D eigenvalue weighted by Crippen LogP contribution is 3.07. The Kier molecular flexibility index (Phi) is 9.99. The number of carboxylic acid groups (broad SMARTS) is 1. The van der Waals surface area contributed by atoms with E-state index in [2.05, 4.69) is 55.4 Å². The highest BCUT2D eigenvalue weighted by molar-refractivity contribution is 6.01. The molecule has 2 heterocycles. The number of allylic oxidation sites excluding steroid dienone is 4. The summed E-state index contributed by atoms with van der Waals surface area (Å²) in [5, 5.41) is 55.8. The van der Waals surface area contributed by atoms with Crippen LogP contribution in [0.1, 0.15) is 75.4 Å². The molecule has 0 unspecified atom stereocenters. The van der Waals surface area contributed by atoms with E-state index in [9.17, 15) is 44.1 Å². The van der Waals surface area contributed by atoms with Gasteiger partial charge in [-0.1, -0.05) is 74.0 Å².